The van der Waals surface area contributed by atoms with Gasteiger partial charge in [-0.05, 0) is 48.4 Å². The number of carboxylic acid groups (broad SMARTS) is 1. The smallest absolute Gasteiger partial charge is 0.322 e. The second-order valence-corrected chi connectivity index (χ2v) is 10.6. The third-order valence-electron chi connectivity index (χ3n) is 4.68. The van der Waals surface area contributed by atoms with Crippen molar-refractivity contribution in [3.63, 3.8) is 0 Å². The molecule has 0 aliphatic carbocycles. The number of nitrogens with zero attached hydrogens (tertiary/aromatic N) is 1. The van der Waals surface area contributed by atoms with E-state index < -0.39 is 36.8 Å². The minimum absolute atomic E-state index is 0.0489. The van der Waals surface area contributed by atoms with Crippen molar-refractivity contribution < 1.29 is 31.7 Å². The Bertz CT molecular complexity index is 1370. The molecule has 0 unspecified atom stereocenters. The molecule has 0 heterocycles. The first kappa shape index (κ1) is 24.0. The number of carbonyl (C=O) groups is 1. The van der Waals surface area contributed by atoms with E-state index in [1.807, 2.05) is 0 Å². The first-order valence-corrected chi connectivity index (χ1v) is 12.4. The lowest BCUT2D eigenvalue weighted by Crippen LogP contribution is -2.42. The number of benzene rings is 3. The third kappa shape index (κ3) is 5.61. The summed E-state index contributed by atoms with van der Waals surface area (Å²) in [6.45, 7) is 0. The monoisotopic (exact) mass is 490 g/mol. The van der Waals surface area contributed by atoms with Crippen LogP contribution in [-0.4, -0.2) is 38.9 Å². The molecular weight excluding hydrogens is 472 g/mol. The van der Waals surface area contributed by atoms with Crippen LogP contribution >= 0.6 is 0 Å². The highest BCUT2D eigenvalue weighted by Gasteiger charge is 2.27. The minimum Gasteiger partial charge on any atom is -0.480 e. The van der Waals surface area contributed by atoms with Crippen molar-refractivity contribution in [2.45, 2.75) is 27.1 Å². The highest BCUT2D eigenvalue weighted by atomic mass is 32.2. The molecule has 2 N–H and O–H groups in total. The molecule has 10 nitrogen and oxygen atoms in total. The summed E-state index contributed by atoms with van der Waals surface area (Å²) in [5.74, 6) is -1.44. The van der Waals surface area contributed by atoms with E-state index >= 15 is 0 Å². The van der Waals surface area contributed by atoms with Crippen molar-refractivity contribution in [3.05, 3.63) is 94.5 Å². The zero-order valence-electron chi connectivity index (χ0n) is 16.9. The molecule has 1 atom stereocenters. The van der Waals surface area contributed by atoms with Crippen molar-refractivity contribution in [1.29, 1.82) is 0 Å². The molecular formula is C21H18N2O8S2. The zero-order valence-corrected chi connectivity index (χ0v) is 18.5. The molecule has 0 spiro atoms. The Morgan fingerprint density at radius 1 is 0.848 bits per heavy atom. The molecule has 0 aliphatic rings. The summed E-state index contributed by atoms with van der Waals surface area (Å²) in [7, 11) is -8.15. The molecule has 3 aromatic carbocycles. The Kier molecular flexibility index (Phi) is 6.91. The predicted molar refractivity (Wildman–Crippen MR) is 117 cm³/mol. The van der Waals surface area contributed by atoms with Crippen LogP contribution in [0.5, 0.6) is 0 Å². The molecule has 33 heavy (non-hydrogen) atoms. The summed E-state index contributed by atoms with van der Waals surface area (Å²) in [4.78, 5) is 21.4. The largest absolute Gasteiger partial charge is 0.480 e. The fourth-order valence-electron chi connectivity index (χ4n) is 2.96. The Balaban J connectivity index is 1.80. The van der Waals surface area contributed by atoms with Crippen LogP contribution in [0.2, 0.25) is 0 Å². The number of non-ortho nitro benzene ring substituents is 1. The molecule has 12 heteroatoms. The normalized spacial score (nSPS) is 12.7. The first-order chi connectivity index (χ1) is 15.5. The predicted octanol–water partition coefficient (Wildman–Crippen LogP) is 2.40. The van der Waals surface area contributed by atoms with Crippen molar-refractivity contribution in [3.8, 4) is 0 Å². The lowest BCUT2D eigenvalue weighted by molar-refractivity contribution is -0.384. The molecule has 3 aromatic rings. The maximum atomic E-state index is 12.7. The number of nitro benzene ring substituents is 1. The van der Waals surface area contributed by atoms with Gasteiger partial charge in [0.1, 0.15) is 6.04 Å². The zero-order chi connectivity index (χ0) is 24.2. The Morgan fingerprint density at radius 3 is 1.88 bits per heavy atom. The Hall–Kier alpha value is -3.61. The van der Waals surface area contributed by atoms with Crippen LogP contribution in [0.4, 0.5) is 5.69 Å². The van der Waals surface area contributed by atoms with Gasteiger partial charge in [0.2, 0.25) is 19.9 Å². The number of sulfone groups is 1. The molecule has 0 fully saturated rings. The summed E-state index contributed by atoms with van der Waals surface area (Å²) in [5, 5.41) is 20.2. The molecule has 0 saturated carbocycles. The van der Waals surface area contributed by atoms with Gasteiger partial charge < -0.3 is 5.11 Å². The fourth-order valence-corrected chi connectivity index (χ4v) is 5.43. The number of nitro groups is 1. The average molecular weight is 491 g/mol. The number of nitrogens with one attached hydrogen (secondary N) is 1. The van der Waals surface area contributed by atoms with Gasteiger partial charge in [0, 0.05) is 12.1 Å². The van der Waals surface area contributed by atoms with Crippen LogP contribution in [0.25, 0.3) is 0 Å². The number of rotatable bonds is 9. The van der Waals surface area contributed by atoms with E-state index in [1.54, 1.807) is 18.2 Å². The van der Waals surface area contributed by atoms with Crippen LogP contribution in [0.15, 0.2) is 93.5 Å². The lowest BCUT2D eigenvalue weighted by atomic mass is 10.1. The summed E-state index contributed by atoms with van der Waals surface area (Å²) in [6, 6.07) is 15.5. The van der Waals surface area contributed by atoms with Gasteiger partial charge in [0.25, 0.3) is 5.69 Å². The Labute approximate surface area is 189 Å². The van der Waals surface area contributed by atoms with Gasteiger partial charge in [-0.15, -0.1) is 0 Å². The van der Waals surface area contributed by atoms with Crippen LogP contribution in [0, 0.1) is 10.1 Å². The first-order valence-electron chi connectivity index (χ1n) is 9.39. The molecule has 0 radical (unpaired) electrons. The summed E-state index contributed by atoms with van der Waals surface area (Å²) >= 11 is 0. The van der Waals surface area contributed by atoms with Gasteiger partial charge in [-0.1, -0.05) is 30.3 Å². The molecule has 0 aliphatic heterocycles. The van der Waals surface area contributed by atoms with E-state index in [9.17, 15) is 36.9 Å². The summed E-state index contributed by atoms with van der Waals surface area (Å²) in [5.41, 5.74) is 0.191. The molecule has 0 saturated heterocycles. The van der Waals surface area contributed by atoms with E-state index in [4.69, 9.17) is 0 Å². The van der Waals surface area contributed by atoms with Crippen molar-refractivity contribution >= 4 is 31.5 Å². The average Bonchev–Trinajstić information content (AvgIpc) is 2.79. The number of aliphatic carboxylic acids is 1. The van der Waals surface area contributed by atoms with Crippen LogP contribution in [0.3, 0.4) is 0 Å². The number of carboxylic acids is 1. The van der Waals surface area contributed by atoms with Crippen molar-refractivity contribution in [2.24, 2.45) is 0 Å². The summed E-state index contributed by atoms with van der Waals surface area (Å²) in [6.07, 6.45) is -0.257. The van der Waals surface area contributed by atoms with E-state index in [0.29, 0.717) is 5.56 Å². The maximum absolute atomic E-state index is 12.7. The molecule has 0 bridgehead atoms. The highest BCUT2D eigenvalue weighted by Crippen LogP contribution is 2.22. The second-order valence-electron chi connectivity index (χ2n) is 6.93. The number of hydrogen-bond donors (Lipinski definition) is 2. The quantitative estimate of drug-likeness (QED) is 0.341. The lowest BCUT2D eigenvalue weighted by Gasteiger charge is -2.15. The number of hydrogen-bond acceptors (Lipinski definition) is 7. The van der Waals surface area contributed by atoms with Crippen LogP contribution in [-0.2, 0) is 31.1 Å². The van der Waals surface area contributed by atoms with Crippen molar-refractivity contribution in [1.82, 2.24) is 4.72 Å². The second kappa shape index (κ2) is 9.48. The topological polar surface area (TPSA) is 161 Å². The van der Waals surface area contributed by atoms with Gasteiger partial charge in [-0.3, -0.25) is 14.9 Å². The molecule has 3 rings (SSSR count). The fraction of sp³-hybridized carbons (Fsp3) is 0.0952. The van der Waals surface area contributed by atoms with Gasteiger partial charge >= 0.3 is 5.97 Å². The van der Waals surface area contributed by atoms with Crippen LogP contribution < -0.4 is 4.72 Å². The van der Waals surface area contributed by atoms with Gasteiger partial charge in [-0.25, -0.2) is 16.8 Å². The SMILES string of the molecule is O=C(O)[C@H](Cc1ccc([N+](=O)[O-])cc1)NS(=O)(=O)c1ccc(S(=O)(=O)c2ccccc2)cc1. The molecule has 172 valence electrons. The van der Waals surface area contributed by atoms with Crippen LogP contribution in [0.1, 0.15) is 5.56 Å². The minimum atomic E-state index is -4.31. The van der Waals surface area contributed by atoms with Crippen molar-refractivity contribution in [2.75, 3.05) is 0 Å². The molecule has 0 amide bonds. The molecule has 0 aromatic heterocycles. The van der Waals surface area contributed by atoms with E-state index in [0.717, 1.165) is 24.3 Å². The van der Waals surface area contributed by atoms with E-state index in [1.165, 1.54) is 36.4 Å². The number of sulfonamides is 1. The highest BCUT2D eigenvalue weighted by molar-refractivity contribution is 7.91. The van der Waals surface area contributed by atoms with E-state index in [-0.39, 0.29) is 26.8 Å². The van der Waals surface area contributed by atoms with Gasteiger partial charge in [0.15, 0.2) is 0 Å². The van der Waals surface area contributed by atoms with E-state index in [2.05, 4.69) is 4.72 Å². The summed E-state index contributed by atoms with van der Waals surface area (Å²) < 4.78 is 52.8. The third-order valence-corrected chi connectivity index (χ3v) is 7.95. The standard InChI is InChI=1S/C21H18N2O8S2/c24-21(25)20(14-15-6-8-16(9-7-15)23(26)27)22-33(30,31)19-12-10-18(11-13-19)32(28,29)17-4-2-1-3-5-17/h1-13,20,22H,14H2,(H,24,25)/t20-/m0/s1. The Morgan fingerprint density at radius 2 is 1.36 bits per heavy atom. The maximum Gasteiger partial charge on any atom is 0.322 e. The van der Waals surface area contributed by atoms with Gasteiger partial charge in [0.05, 0.1) is 19.6 Å². The van der Waals surface area contributed by atoms with Gasteiger partial charge in [-0.2, -0.15) is 4.72 Å².